The van der Waals surface area contributed by atoms with E-state index >= 15 is 0 Å². The Balaban J connectivity index is 1.92. The van der Waals surface area contributed by atoms with Gasteiger partial charge in [-0.15, -0.1) is 0 Å². The lowest BCUT2D eigenvalue weighted by atomic mass is 10.0. The molecule has 1 unspecified atom stereocenters. The van der Waals surface area contributed by atoms with Crippen LogP contribution < -0.4 is 5.32 Å². The molecular formula is C13H26N2. The highest BCUT2D eigenvalue weighted by Gasteiger charge is 2.25. The summed E-state index contributed by atoms with van der Waals surface area (Å²) in [6, 6.07) is 1.64. The van der Waals surface area contributed by atoms with Crippen molar-refractivity contribution in [3.63, 3.8) is 0 Å². The number of hydrogen-bond donors (Lipinski definition) is 1. The molecular weight excluding hydrogens is 184 g/mol. The van der Waals surface area contributed by atoms with Gasteiger partial charge >= 0.3 is 0 Å². The molecule has 0 amide bonds. The Hall–Kier alpha value is -0.0800. The van der Waals surface area contributed by atoms with Crippen LogP contribution in [0.1, 0.15) is 51.9 Å². The van der Waals surface area contributed by atoms with Crippen molar-refractivity contribution in [2.45, 2.75) is 64.0 Å². The molecule has 0 aromatic rings. The molecule has 1 aliphatic carbocycles. The van der Waals surface area contributed by atoms with E-state index in [2.05, 4.69) is 17.1 Å². The Morgan fingerprint density at radius 3 is 2.47 bits per heavy atom. The van der Waals surface area contributed by atoms with Gasteiger partial charge in [-0.1, -0.05) is 25.7 Å². The van der Waals surface area contributed by atoms with Crippen molar-refractivity contribution in [2.24, 2.45) is 0 Å². The van der Waals surface area contributed by atoms with Crippen molar-refractivity contribution in [1.82, 2.24) is 10.2 Å². The first kappa shape index (κ1) is 11.4. The van der Waals surface area contributed by atoms with Crippen LogP contribution in [0.5, 0.6) is 0 Å². The van der Waals surface area contributed by atoms with E-state index in [4.69, 9.17) is 0 Å². The summed E-state index contributed by atoms with van der Waals surface area (Å²) >= 11 is 0. The number of nitrogens with zero attached hydrogens (tertiary/aromatic N) is 1. The maximum atomic E-state index is 3.54. The Bertz CT molecular complexity index is 173. The zero-order valence-corrected chi connectivity index (χ0v) is 10.2. The summed E-state index contributed by atoms with van der Waals surface area (Å²) in [4.78, 5) is 2.78. The molecule has 1 aliphatic heterocycles. The van der Waals surface area contributed by atoms with Crippen LogP contribution in [0.15, 0.2) is 0 Å². The highest BCUT2D eigenvalue weighted by atomic mass is 15.2. The van der Waals surface area contributed by atoms with Gasteiger partial charge in [0.05, 0.1) is 0 Å². The molecule has 2 fully saturated rings. The molecule has 1 saturated carbocycles. The van der Waals surface area contributed by atoms with Gasteiger partial charge < -0.3 is 5.32 Å². The topological polar surface area (TPSA) is 15.3 Å². The highest BCUT2D eigenvalue weighted by molar-refractivity contribution is 4.82. The van der Waals surface area contributed by atoms with Crippen molar-refractivity contribution in [1.29, 1.82) is 0 Å². The minimum atomic E-state index is 0.746. The molecule has 88 valence electrons. The Morgan fingerprint density at radius 1 is 1.00 bits per heavy atom. The van der Waals surface area contributed by atoms with Gasteiger partial charge in [-0.25, -0.2) is 0 Å². The molecule has 0 aromatic heterocycles. The molecule has 0 spiro atoms. The second-order valence-electron chi connectivity index (χ2n) is 5.29. The van der Waals surface area contributed by atoms with Crippen LogP contribution in [0.4, 0.5) is 0 Å². The molecule has 1 heterocycles. The van der Waals surface area contributed by atoms with E-state index in [0.717, 1.165) is 12.1 Å². The van der Waals surface area contributed by atoms with Gasteiger partial charge in [0.15, 0.2) is 0 Å². The number of hydrogen-bond acceptors (Lipinski definition) is 2. The summed E-state index contributed by atoms with van der Waals surface area (Å²) in [5.74, 6) is 0. The molecule has 2 rings (SSSR count). The van der Waals surface area contributed by atoms with Gasteiger partial charge in [0.1, 0.15) is 0 Å². The Morgan fingerprint density at radius 2 is 1.73 bits per heavy atom. The number of rotatable bonds is 1. The average molecular weight is 210 g/mol. The van der Waals surface area contributed by atoms with E-state index < -0.39 is 0 Å². The van der Waals surface area contributed by atoms with E-state index in [0.29, 0.717) is 0 Å². The summed E-state index contributed by atoms with van der Waals surface area (Å²) in [7, 11) is 0. The molecule has 2 aliphatic rings. The lowest BCUT2D eigenvalue weighted by Gasteiger charge is -2.34. The summed E-state index contributed by atoms with van der Waals surface area (Å²) in [5, 5.41) is 3.54. The van der Waals surface area contributed by atoms with Gasteiger partial charge in [-0.3, -0.25) is 4.90 Å². The van der Waals surface area contributed by atoms with Crippen molar-refractivity contribution >= 4 is 0 Å². The van der Waals surface area contributed by atoms with E-state index in [-0.39, 0.29) is 0 Å². The first-order chi connectivity index (χ1) is 7.38. The minimum absolute atomic E-state index is 0.746. The van der Waals surface area contributed by atoms with Crippen LogP contribution in [0, 0.1) is 0 Å². The molecule has 15 heavy (non-hydrogen) atoms. The Labute approximate surface area is 94.4 Å². The summed E-state index contributed by atoms with van der Waals surface area (Å²) in [5.41, 5.74) is 0. The van der Waals surface area contributed by atoms with E-state index in [9.17, 15) is 0 Å². The first-order valence-electron chi connectivity index (χ1n) is 6.84. The van der Waals surface area contributed by atoms with Crippen LogP contribution in [0.2, 0.25) is 0 Å². The van der Waals surface area contributed by atoms with Gasteiger partial charge in [0.2, 0.25) is 0 Å². The van der Waals surface area contributed by atoms with Crippen LogP contribution in [0.3, 0.4) is 0 Å². The zero-order valence-electron chi connectivity index (χ0n) is 10.2. The fourth-order valence-electron chi connectivity index (χ4n) is 3.17. The largest absolute Gasteiger partial charge is 0.315 e. The quantitative estimate of drug-likeness (QED) is 0.669. The first-order valence-corrected chi connectivity index (χ1v) is 6.84. The molecule has 2 nitrogen and oxygen atoms in total. The molecule has 1 saturated heterocycles. The smallest absolute Gasteiger partial charge is 0.0195 e. The summed E-state index contributed by atoms with van der Waals surface area (Å²) in [6.45, 7) is 6.12. The summed E-state index contributed by atoms with van der Waals surface area (Å²) < 4.78 is 0. The van der Waals surface area contributed by atoms with Gasteiger partial charge in [-0.05, 0) is 39.3 Å². The highest BCUT2D eigenvalue weighted by Crippen LogP contribution is 2.24. The molecule has 0 radical (unpaired) electrons. The number of nitrogens with one attached hydrogen (secondary N) is 1. The van der Waals surface area contributed by atoms with Crippen molar-refractivity contribution in [3.05, 3.63) is 0 Å². The lowest BCUT2D eigenvalue weighted by molar-refractivity contribution is 0.139. The minimum Gasteiger partial charge on any atom is -0.315 e. The van der Waals surface area contributed by atoms with Crippen LogP contribution in [0.25, 0.3) is 0 Å². The standard InChI is InChI=1S/C13H26N2/c1-12-11-14-9-6-10-15(12)13-7-4-2-3-5-8-13/h12-14H,2-11H2,1H3. The third-order valence-corrected chi connectivity index (χ3v) is 4.07. The SMILES string of the molecule is CC1CNCCCN1C1CCCCCC1. The fraction of sp³-hybridized carbons (Fsp3) is 1.00. The molecule has 1 N–H and O–H groups in total. The maximum absolute atomic E-state index is 3.54. The van der Waals surface area contributed by atoms with Crippen LogP contribution >= 0.6 is 0 Å². The molecule has 1 atom stereocenters. The predicted octanol–water partition coefficient (Wildman–Crippen LogP) is 2.39. The van der Waals surface area contributed by atoms with Gasteiger partial charge in [0.25, 0.3) is 0 Å². The van der Waals surface area contributed by atoms with E-state index in [1.807, 2.05) is 0 Å². The van der Waals surface area contributed by atoms with Crippen LogP contribution in [-0.4, -0.2) is 36.6 Å². The van der Waals surface area contributed by atoms with Crippen LogP contribution in [-0.2, 0) is 0 Å². The zero-order chi connectivity index (χ0) is 10.5. The van der Waals surface area contributed by atoms with Crippen molar-refractivity contribution in [3.8, 4) is 0 Å². The monoisotopic (exact) mass is 210 g/mol. The second-order valence-corrected chi connectivity index (χ2v) is 5.29. The average Bonchev–Trinajstić information content (AvgIpc) is 2.59. The second kappa shape index (κ2) is 5.86. The Kier molecular flexibility index (Phi) is 4.45. The molecule has 0 bridgehead atoms. The van der Waals surface area contributed by atoms with E-state index in [1.54, 1.807) is 0 Å². The predicted molar refractivity (Wildman–Crippen MR) is 65.1 cm³/mol. The van der Waals surface area contributed by atoms with E-state index in [1.165, 1.54) is 64.6 Å². The maximum Gasteiger partial charge on any atom is 0.0195 e. The van der Waals surface area contributed by atoms with Gasteiger partial charge in [-0.2, -0.15) is 0 Å². The fourth-order valence-corrected chi connectivity index (χ4v) is 3.17. The normalized spacial score (nSPS) is 32.2. The van der Waals surface area contributed by atoms with Crippen molar-refractivity contribution in [2.75, 3.05) is 19.6 Å². The lowest BCUT2D eigenvalue weighted by Crippen LogP contribution is -2.44. The third-order valence-electron chi connectivity index (χ3n) is 4.07. The van der Waals surface area contributed by atoms with Gasteiger partial charge in [0, 0.05) is 18.6 Å². The van der Waals surface area contributed by atoms with Crippen molar-refractivity contribution < 1.29 is 0 Å². The molecule has 2 heteroatoms. The summed E-state index contributed by atoms with van der Waals surface area (Å²) in [6.07, 6.45) is 10.1. The molecule has 0 aromatic carbocycles. The third kappa shape index (κ3) is 3.18.